The van der Waals surface area contributed by atoms with Crippen molar-refractivity contribution >= 4 is 40.5 Å². The molecule has 5 nitrogen and oxygen atoms in total. The fourth-order valence-electron chi connectivity index (χ4n) is 1.45. The van der Waals surface area contributed by atoms with E-state index in [1.165, 1.54) is 6.21 Å². The SMILES string of the molecule is O=C(N/N=C/c1ccc(O)c(I)c1)Nc1ccccc1. The number of urea groups is 1. The van der Waals surface area contributed by atoms with Gasteiger partial charge >= 0.3 is 6.03 Å². The number of aromatic hydroxyl groups is 1. The molecule has 0 radical (unpaired) electrons. The molecule has 20 heavy (non-hydrogen) atoms. The summed E-state index contributed by atoms with van der Waals surface area (Å²) in [5, 5.41) is 15.9. The number of benzene rings is 2. The summed E-state index contributed by atoms with van der Waals surface area (Å²) in [6.07, 6.45) is 1.51. The van der Waals surface area contributed by atoms with Gasteiger partial charge in [-0.05, 0) is 58.5 Å². The maximum absolute atomic E-state index is 11.5. The van der Waals surface area contributed by atoms with Gasteiger partial charge in [0.2, 0.25) is 0 Å². The van der Waals surface area contributed by atoms with Gasteiger partial charge < -0.3 is 10.4 Å². The van der Waals surface area contributed by atoms with Crippen molar-refractivity contribution in [1.29, 1.82) is 0 Å². The zero-order valence-electron chi connectivity index (χ0n) is 10.4. The van der Waals surface area contributed by atoms with Gasteiger partial charge in [-0.2, -0.15) is 5.10 Å². The molecule has 0 saturated carbocycles. The Hall–Kier alpha value is -2.09. The Kier molecular flexibility index (Phi) is 4.94. The molecule has 0 saturated heterocycles. The molecule has 0 spiro atoms. The molecule has 3 N–H and O–H groups in total. The average Bonchev–Trinajstić information content (AvgIpc) is 2.44. The predicted octanol–water partition coefficient (Wildman–Crippen LogP) is 3.15. The fourth-order valence-corrected chi connectivity index (χ4v) is 1.99. The molecular weight excluding hydrogens is 369 g/mol. The Morgan fingerprint density at radius 1 is 1.20 bits per heavy atom. The van der Waals surface area contributed by atoms with E-state index in [1.54, 1.807) is 30.3 Å². The lowest BCUT2D eigenvalue weighted by Crippen LogP contribution is -2.24. The number of nitrogens with zero attached hydrogens (tertiary/aromatic N) is 1. The maximum atomic E-state index is 11.5. The summed E-state index contributed by atoms with van der Waals surface area (Å²) in [6.45, 7) is 0. The molecule has 102 valence electrons. The minimum atomic E-state index is -0.416. The lowest BCUT2D eigenvalue weighted by Gasteiger charge is -2.03. The van der Waals surface area contributed by atoms with Crippen LogP contribution in [-0.4, -0.2) is 17.4 Å². The second kappa shape index (κ2) is 6.90. The minimum Gasteiger partial charge on any atom is -0.507 e. The van der Waals surface area contributed by atoms with Gasteiger partial charge in [0.1, 0.15) is 5.75 Å². The van der Waals surface area contributed by atoms with Crippen LogP contribution in [0.1, 0.15) is 5.56 Å². The number of phenols is 1. The van der Waals surface area contributed by atoms with E-state index in [9.17, 15) is 9.90 Å². The molecule has 6 heteroatoms. The highest BCUT2D eigenvalue weighted by Gasteiger charge is 1.99. The summed E-state index contributed by atoms with van der Waals surface area (Å²) >= 11 is 2.02. The quantitative estimate of drug-likeness (QED) is 0.434. The van der Waals surface area contributed by atoms with E-state index in [2.05, 4.69) is 15.8 Å². The van der Waals surface area contributed by atoms with Crippen molar-refractivity contribution in [3.8, 4) is 5.75 Å². The van der Waals surface area contributed by atoms with Gasteiger partial charge in [-0.15, -0.1) is 0 Å². The molecule has 2 rings (SSSR count). The highest BCUT2D eigenvalue weighted by Crippen LogP contribution is 2.19. The van der Waals surface area contributed by atoms with Crippen LogP contribution in [0.2, 0.25) is 0 Å². The largest absolute Gasteiger partial charge is 0.507 e. The topological polar surface area (TPSA) is 73.7 Å². The Balaban J connectivity index is 1.89. The highest BCUT2D eigenvalue weighted by molar-refractivity contribution is 14.1. The van der Waals surface area contributed by atoms with Gasteiger partial charge in [0.15, 0.2) is 0 Å². The second-order valence-electron chi connectivity index (χ2n) is 3.90. The molecule has 0 aliphatic heterocycles. The second-order valence-corrected chi connectivity index (χ2v) is 5.06. The molecule has 2 amide bonds. The van der Waals surface area contributed by atoms with Gasteiger partial charge in [0, 0.05) is 5.69 Å². The molecule has 0 aliphatic carbocycles. The number of carbonyl (C=O) groups excluding carboxylic acids is 1. The summed E-state index contributed by atoms with van der Waals surface area (Å²) in [5.41, 5.74) is 3.85. The number of carbonyl (C=O) groups is 1. The van der Waals surface area contributed by atoms with Crippen LogP contribution < -0.4 is 10.7 Å². The number of anilines is 1. The van der Waals surface area contributed by atoms with E-state index < -0.39 is 6.03 Å². The number of rotatable bonds is 3. The molecular formula is C14H12IN3O2. The van der Waals surface area contributed by atoms with E-state index in [0.717, 1.165) is 9.13 Å². The third kappa shape index (κ3) is 4.23. The smallest absolute Gasteiger partial charge is 0.339 e. The van der Waals surface area contributed by atoms with Crippen LogP contribution >= 0.6 is 22.6 Å². The summed E-state index contributed by atoms with van der Waals surface area (Å²) in [5.74, 6) is 0.220. The highest BCUT2D eigenvalue weighted by atomic mass is 127. The van der Waals surface area contributed by atoms with Gasteiger partial charge in [-0.1, -0.05) is 18.2 Å². The first-order valence-corrected chi connectivity index (χ1v) is 6.86. The van der Waals surface area contributed by atoms with Crippen molar-refractivity contribution in [3.63, 3.8) is 0 Å². The number of phenolic OH excluding ortho intramolecular Hbond substituents is 1. The van der Waals surface area contributed by atoms with Gasteiger partial charge in [-0.25, -0.2) is 10.2 Å². The molecule has 0 aliphatic rings. The van der Waals surface area contributed by atoms with Crippen molar-refractivity contribution in [1.82, 2.24) is 5.43 Å². The van der Waals surface area contributed by atoms with Crippen LogP contribution in [0.15, 0.2) is 53.6 Å². The predicted molar refractivity (Wildman–Crippen MR) is 87.0 cm³/mol. The van der Waals surface area contributed by atoms with Crippen LogP contribution in [0.5, 0.6) is 5.75 Å². The number of hydrogen-bond acceptors (Lipinski definition) is 3. The van der Waals surface area contributed by atoms with E-state index in [0.29, 0.717) is 5.69 Å². The van der Waals surface area contributed by atoms with E-state index in [4.69, 9.17) is 0 Å². The zero-order valence-corrected chi connectivity index (χ0v) is 12.5. The van der Waals surface area contributed by atoms with Crippen molar-refractivity contribution in [2.75, 3.05) is 5.32 Å². The summed E-state index contributed by atoms with van der Waals surface area (Å²) in [4.78, 5) is 11.5. The molecule has 0 heterocycles. The average molecular weight is 381 g/mol. The minimum absolute atomic E-state index is 0.220. The first-order valence-electron chi connectivity index (χ1n) is 5.79. The molecule has 0 unspecified atom stereocenters. The zero-order chi connectivity index (χ0) is 14.4. The third-order valence-electron chi connectivity index (χ3n) is 2.38. The van der Waals surface area contributed by atoms with Gasteiger partial charge in [0.25, 0.3) is 0 Å². The van der Waals surface area contributed by atoms with E-state index >= 15 is 0 Å². The summed E-state index contributed by atoms with van der Waals surface area (Å²) in [7, 11) is 0. The molecule has 0 bridgehead atoms. The van der Waals surface area contributed by atoms with Crippen LogP contribution in [0.4, 0.5) is 10.5 Å². The lowest BCUT2D eigenvalue weighted by molar-refractivity contribution is 0.252. The molecule has 2 aromatic rings. The van der Waals surface area contributed by atoms with Crippen molar-refractivity contribution in [2.45, 2.75) is 0 Å². The monoisotopic (exact) mass is 381 g/mol. The third-order valence-corrected chi connectivity index (χ3v) is 3.25. The van der Waals surface area contributed by atoms with Crippen molar-refractivity contribution in [3.05, 3.63) is 57.7 Å². The van der Waals surface area contributed by atoms with Crippen LogP contribution in [0.25, 0.3) is 0 Å². The van der Waals surface area contributed by atoms with E-state index in [1.807, 2.05) is 40.8 Å². The Bertz CT molecular complexity index is 630. The number of amides is 2. The van der Waals surface area contributed by atoms with Gasteiger partial charge in [0.05, 0.1) is 9.78 Å². The summed E-state index contributed by atoms with van der Waals surface area (Å²) < 4.78 is 0.722. The number of nitrogens with one attached hydrogen (secondary N) is 2. The maximum Gasteiger partial charge on any atom is 0.339 e. The normalized spacial score (nSPS) is 10.4. The number of hydrazone groups is 1. The number of para-hydroxylation sites is 1. The Morgan fingerprint density at radius 3 is 2.65 bits per heavy atom. The van der Waals surface area contributed by atoms with Gasteiger partial charge in [-0.3, -0.25) is 0 Å². The first-order chi connectivity index (χ1) is 9.65. The standard InChI is InChI=1S/C14H12IN3O2/c15-12-8-10(6-7-13(12)19)9-16-18-14(20)17-11-4-2-1-3-5-11/h1-9,19H,(H2,17,18,20)/b16-9+. The first kappa shape index (κ1) is 14.3. The molecule has 0 fully saturated rings. The number of halogens is 1. The van der Waals surface area contributed by atoms with E-state index in [-0.39, 0.29) is 5.75 Å². The van der Waals surface area contributed by atoms with Crippen LogP contribution in [-0.2, 0) is 0 Å². The molecule has 0 atom stereocenters. The lowest BCUT2D eigenvalue weighted by atomic mass is 10.2. The molecule has 2 aromatic carbocycles. The summed E-state index contributed by atoms with van der Waals surface area (Å²) in [6, 6.07) is 13.7. The van der Waals surface area contributed by atoms with Crippen molar-refractivity contribution in [2.24, 2.45) is 5.10 Å². The fraction of sp³-hybridized carbons (Fsp3) is 0. The molecule has 0 aromatic heterocycles. The van der Waals surface area contributed by atoms with Crippen LogP contribution in [0.3, 0.4) is 0 Å². The Morgan fingerprint density at radius 2 is 1.95 bits per heavy atom. The Labute approximate surface area is 129 Å². The number of hydrogen-bond donors (Lipinski definition) is 3. The van der Waals surface area contributed by atoms with Crippen LogP contribution in [0, 0.1) is 3.57 Å². The van der Waals surface area contributed by atoms with Crippen molar-refractivity contribution < 1.29 is 9.90 Å².